The van der Waals surface area contributed by atoms with Crippen molar-refractivity contribution in [3.05, 3.63) is 70.5 Å². The molecule has 1 aliphatic carbocycles. The molecule has 0 heterocycles. The molecule has 1 aliphatic rings. The number of carbonyl (C=O) groups is 1. The SMILES string of the molecule is COC(=O)CC1=C(C)/C(=C/c2ccc(SO)cc2)c2cc(F)ccc21. The predicted octanol–water partition coefficient (Wildman–Crippen LogP) is 5.28. The van der Waals surface area contributed by atoms with Crippen LogP contribution in [-0.2, 0) is 9.53 Å². The Hall–Kier alpha value is -2.37. The van der Waals surface area contributed by atoms with Crippen LogP contribution in [0.2, 0.25) is 0 Å². The van der Waals surface area contributed by atoms with Gasteiger partial charge in [0.1, 0.15) is 5.82 Å². The van der Waals surface area contributed by atoms with Gasteiger partial charge in [0.15, 0.2) is 0 Å². The molecule has 0 amide bonds. The molecule has 5 heteroatoms. The van der Waals surface area contributed by atoms with Crippen LogP contribution in [0.15, 0.2) is 52.9 Å². The van der Waals surface area contributed by atoms with E-state index in [1.807, 2.05) is 37.3 Å². The summed E-state index contributed by atoms with van der Waals surface area (Å²) in [6, 6.07) is 12.0. The summed E-state index contributed by atoms with van der Waals surface area (Å²) in [4.78, 5) is 12.5. The third kappa shape index (κ3) is 3.52. The van der Waals surface area contributed by atoms with Crippen LogP contribution in [0.1, 0.15) is 30.0 Å². The molecule has 0 unspecified atom stereocenters. The van der Waals surface area contributed by atoms with E-state index >= 15 is 0 Å². The minimum absolute atomic E-state index is 0.151. The van der Waals surface area contributed by atoms with E-state index in [-0.39, 0.29) is 18.2 Å². The first-order chi connectivity index (χ1) is 12.0. The highest BCUT2D eigenvalue weighted by atomic mass is 32.2. The van der Waals surface area contributed by atoms with Gasteiger partial charge < -0.3 is 9.29 Å². The summed E-state index contributed by atoms with van der Waals surface area (Å²) in [5.41, 5.74) is 5.25. The molecule has 25 heavy (non-hydrogen) atoms. The number of benzene rings is 2. The van der Waals surface area contributed by atoms with E-state index in [2.05, 4.69) is 0 Å². The fraction of sp³-hybridized carbons (Fsp3) is 0.150. The molecule has 0 radical (unpaired) electrons. The van der Waals surface area contributed by atoms with Crippen LogP contribution in [0.4, 0.5) is 4.39 Å². The summed E-state index contributed by atoms with van der Waals surface area (Å²) in [6.07, 6.45) is 2.11. The molecule has 0 saturated carbocycles. The largest absolute Gasteiger partial charge is 0.469 e. The second-order valence-corrected chi connectivity index (χ2v) is 6.42. The van der Waals surface area contributed by atoms with Crippen molar-refractivity contribution in [2.75, 3.05) is 7.11 Å². The van der Waals surface area contributed by atoms with Crippen LogP contribution in [0.3, 0.4) is 0 Å². The molecule has 0 aliphatic heterocycles. The molecule has 128 valence electrons. The maximum atomic E-state index is 13.8. The lowest BCUT2D eigenvalue weighted by Gasteiger charge is -2.05. The van der Waals surface area contributed by atoms with Gasteiger partial charge in [-0.15, -0.1) is 0 Å². The maximum absolute atomic E-state index is 13.8. The molecule has 3 nitrogen and oxygen atoms in total. The zero-order chi connectivity index (χ0) is 18.0. The molecule has 0 fully saturated rings. The van der Waals surface area contributed by atoms with Gasteiger partial charge >= 0.3 is 5.97 Å². The van der Waals surface area contributed by atoms with Crippen LogP contribution in [0, 0.1) is 5.82 Å². The number of hydrogen-bond donors (Lipinski definition) is 1. The number of rotatable bonds is 4. The van der Waals surface area contributed by atoms with E-state index in [9.17, 15) is 9.18 Å². The number of esters is 1. The Morgan fingerprint density at radius 3 is 2.56 bits per heavy atom. The topological polar surface area (TPSA) is 46.5 Å². The minimum atomic E-state index is -0.324. The van der Waals surface area contributed by atoms with E-state index in [0.29, 0.717) is 12.0 Å². The Morgan fingerprint density at radius 1 is 1.20 bits per heavy atom. The van der Waals surface area contributed by atoms with Crippen molar-refractivity contribution >= 4 is 35.2 Å². The Balaban J connectivity index is 2.09. The average Bonchev–Trinajstić information content (AvgIpc) is 2.87. The van der Waals surface area contributed by atoms with Crippen molar-refractivity contribution in [2.24, 2.45) is 0 Å². The third-order valence-electron chi connectivity index (χ3n) is 4.30. The number of allylic oxidation sites excluding steroid dienone is 2. The summed E-state index contributed by atoms with van der Waals surface area (Å²) < 4.78 is 27.6. The van der Waals surface area contributed by atoms with Crippen molar-refractivity contribution in [1.29, 1.82) is 0 Å². The number of fused-ring (bicyclic) bond motifs is 1. The quantitative estimate of drug-likeness (QED) is 0.598. The Bertz CT molecular complexity index is 882. The zero-order valence-electron chi connectivity index (χ0n) is 13.9. The number of halogens is 1. The first-order valence-electron chi connectivity index (χ1n) is 7.74. The summed E-state index contributed by atoms with van der Waals surface area (Å²) in [5, 5.41) is 0. The number of carbonyl (C=O) groups excluding carboxylic acids is 1. The molecule has 2 aromatic rings. The van der Waals surface area contributed by atoms with E-state index < -0.39 is 0 Å². The smallest absolute Gasteiger partial charge is 0.310 e. The summed E-state index contributed by atoms with van der Waals surface area (Å²) in [7, 11) is 1.36. The van der Waals surface area contributed by atoms with Crippen molar-refractivity contribution in [2.45, 2.75) is 18.2 Å². The lowest BCUT2D eigenvalue weighted by Crippen LogP contribution is -2.01. The Morgan fingerprint density at radius 2 is 1.92 bits per heavy atom. The average molecular weight is 356 g/mol. The zero-order valence-corrected chi connectivity index (χ0v) is 14.7. The second kappa shape index (κ2) is 7.25. The fourth-order valence-corrected chi connectivity index (χ4v) is 3.25. The minimum Gasteiger partial charge on any atom is -0.469 e. The highest BCUT2D eigenvalue weighted by molar-refractivity contribution is 7.93. The van der Waals surface area contributed by atoms with E-state index in [1.54, 1.807) is 6.07 Å². The molecule has 0 aromatic heterocycles. The number of methoxy groups -OCH3 is 1. The molecule has 3 rings (SSSR count). The van der Waals surface area contributed by atoms with Crippen molar-refractivity contribution < 1.29 is 18.5 Å². The first-order valence-corrected chi connectivity index (χ1v) is 8.51. The lowest BCUT2D eigenvalue weighted by atomic mass is 10.0. The molecule has 0 saturated heterocycles. The molecule has 2 aromatic carbocycles. The van der Waals surface area contributed by atoms with Crippen LogP contribution >= 0.6 is 12.0 Å². The normalized spacial score (nSPS) is 14.8. The van der Waals surface area contributed by atoms with Gasteiger partial charge in [-0.3, -0.25) is 4.79 Å². The van der Waals surface area contributed by atoms with E-state index in [0.717, 1.165) is 38.3 Å². The summed E-state index contributed by atoms with van der Waals surface area (Å²) in [5.74, 6) is -0.640. The Labute approximate surface area is 150 Å². The van der Waals surface area contributed by atoms with Gasteiger partial charge in [-0.1, -0.05) is 18.2 Å². The molecule has 0 bridgehead atoms. The van der Waals surface area contributed by atoms with E-state index in [1.165, 1.54) is 19.2 Å². The lowest BCUT2D eigenvalue weighted by molar-refractivity contribution is -0.139. The molecular weight excluding hydrogens is 339 g/mol. The van der Waals surface area contributed by atoms with Crippen molar-refractivity contribution in [3.63, 3.8) is 0 Å². The van der Waals surface area contributed by atoms with E-state index in [4.69, 9.17) is 9.29 Å². The molecule has 0 spiro atoms. The first kappa shape index (κ1) is 17.5. The maximum Gasteiger partial charge on any atom is 0.310 e. The van der Waals surface area contributed by atoms with Gasteiger partial charge in [-0.25, -0.2) is 4.39 Å². The highest BCUT2D eigenvalue weighted by Gasteiger charge is 2.25. The van der Waals surface area contributed by atoms with Crippen LogP contribution in [-0.4, -0.2) is 17.6 Å². The van der Waals surface area contributed by atoms with Crippen LogP contribution in [0.5, 0.6) is 0 Å². The van der Waals surface area contributed by atoms with Gasteiger partial charge in [-0.05, 0) is 70.7 Å². The fourth-order valence-electron chi connectivity index (χ4n) is 2.99. The van der Waals surface area contributed by atoms with Crippen molar-refractivity contribution in [1.82, 2.24) is 0 Å². The Kier molecular flexibility index (Phi) is 5.06. The number of hydrogen-bond acceptors (Lipinski definition) is 4. The predicted molar refractivity (Wildman–Crippen MR) is 98.4 cm³/mol. The van der Waals surface area contributed by atoms with Crippen LogP contribution in [0.25, 0.3) is 17.2 Å². The highest BCUT2D eigenvalue weighted by Crippen LogP contribution is 2.43. The summed E-state index contributed by atoms with van der Waals surface area (Å²) >= 11 is 0.690. The second-order valence-electron chi connectivity index (χ2n) is 5.76. The van der Waals surface area contributed by atoms with Gasteiger partial charge in [0, 0.05) is 16.9 Å². The molecule has 1 N–H and O–H groups in total. The van der Waals surface area contributed by atoms with Crippen LogP contribution < -0.4 is 0 Å². The van der Waals surface area contributed by atoms with Crippen molar-refractivity contribution in [3.8, 4) is 0 Å². The van der Waals surface area contributed by atoms with Gasteiger partial charge in [0.05, 0.1) is 13.5 Å². The third-order valence-corrected chi connectivity index (χ3v) is 4.78. The van der Waals surface area contributed by atoms with Gasteiger partial charge in [0.25, 0.3) is 0 Å². The molecular formula is C20H17FO3S. The monoisotopic (exact) mass is 356 g/mol. The summed E-state index contributed by atoms with van der Waals surface area (Å²) in [6.45, 7) is 1.93. The van der Waals surface area contributed by atoms with Gasteiger partial charge in [0.2, 0.25) is 0 Å². The molecule has 0 atom stereocenters. The number of ether oxygens (including phenoxy) is 1. The van der Waals surface area contributed by atoms with Gasteiger partial charge in [-0.2, -0.15) is 0 Å². The standard InChI is InChI=1S/C20H17FO3S/c1-12-17(9-13-3-6-15(25-23)7-4-13)19-10-14(21)5-8-16(19)18(12)11-20(22)24-2/h3-10,23H,11H2,1-2H3/b17-9-.